The molecule has 2 aromatic carbocycles. The van der Waals surface area contributed by atoms with Gasteiger partial charge in [0.1, 0.15) is 5.75 Å². The predicted octanol–water partition coefficient (Wildman–Crippen LogP) is 3.36. The van der Waals surface area contributed by atoms with E-state index in [1.54, 1.807) is 18.3 Å². The van der Waals surface area contributed by atoms with E-state index in [9.17, 15) is 9.90 Å². The third-order valence-corrected chi connectivity index (χ3v) is 4.47. The van der Waals surface area contributed by atoms with Crippen LogP contribution >= 0.6 is 0 Å². The first-order chi connectivity index (χ1) is 11.6. The van der Waals surface area contributed by atoms with Gasteiger partial charge in [-0.05, 0) is 47.9 Å². The normalized spacial score (nSPS) is 16.5. The topological polar surface area (TPSA) is 67.2 Å². The maximum atomic E-state index is 12.1. The van der Waals surface area contributed by atoms with Crippen LogP contribution in [0.3, 0.4) is 0 Å². The number of benzene rings is 2. The van der Waals surface area contributed by atoms with Gasteiger partial charge >= 0.3 is 0 Å². The SMILES string of the molecule is Cc1cc(-n2cccn2)ccc1C1CC(=O)Nc2cc(O)ccc21. The third kappa shape index (κ3) is 2.44. The Morgan fingerprint density at radius 1 is 1.21 bits per heavy atom. The molecule has 5 heteroatoms. The summed E-state index contributed by atoms with van der Waals surface area (Å²) in [7, 11) is 0. The van der Waals surface area contributed by atoms with Gasteiger partial charge in [0.15, 0.2) is 0 Å². The number of nitrogens with one attached hydrogen (secondary N) is 1. The van der Waals surface area contributed by atoms with E-state index in [0.29, 0.717) is 12.1 Å². The minimum Gasteiger partial charge on any atom is -0.508 e. The first-order valence-electron chi connectivity index (χ1n) is 7.85. The molecule has 2 heterocycles. The number of carbonyl (C=O) groups is 1. The van der Waals surface area contributed by atoms with Gasteiger partial charge in [0.05, 0.1) is 5.69 Å². The average Bonchev–Trinajstić information content (AvgIpc) is 3.08. The van der Waals surface area contributed by atoms with Crippen LogP contribution in [0.2, 0.25) is 0 Å². The minimum atomic E-state index is -0.0337. The lowest BCUT2D eigenvalue weighted by atomic mass is 9.82. The minimum absolute atomic E-state index is 0.0129. The number of rotatable bonds is 2. The number of amides is 1. The molecule has 4 rings (SSSR count). The Hall–Kier alpha value is -3.08. The van der Waals surface area contributed by atoms with Crippen molar-refractivity contribution < 1.29 is 9.90 Å². The number of phenols is 1. The summed E-state index contributed by atoms with van der Waals surface area (Å²) >= 11 is 0. The fraction of sp³-hybridized carbons (Fsp3) is 0.158. The number of carbonyl (C=O) groups excluding carboxylic acids is 1. The molecule has 1 atom stereocenters. The summed E-state index contributed by atoms with van der Waals surface area (Å²) in [6.45, 7) is 2.05. The van der Waals surface area contributed by atoms with Crippen molar-refractivity contribution in [3.05, 3.63) is 71.5 Å². The summed E-state index contributed by atoms with van der Waals surface area (Å²) in [5, 5.41) is 16.8. The highest BCUT2D eigenvalue weighted by molar-refractivity contribution is 5.95. The van der Waals surface area contributed by atoms with Gasteiger partial charge in [-0.3, -0.25) is 4.79 Å². The number of fused-ring (bicyclic) bond motifs is 1. The Morgan fingerprint density at radius 2 is 2.04 bits per heavy atom. The van der Waals surface area contributed by atoms with Gasteiger partial charge in [0.2, 0.25) is 5.91 Å². The molecule has 1 amide bonds. The first kappa shape index (κ1) is 14.5. The van der Waals surface area contributed by atoms with Crippen LogP contribution in [-0.2, 0) is 4.79 Å². The van der Waals surface area contributed by atoms with Crippen molar-refractivity contribution in [3.63, 3.8) is 0 Å². The van der Waals surface area contributed by atoms with Crippen LogP contribution in [0.5, 0.6) is 5.75 Å². The van der Waals surface area contributed by atoms with Gasteiger partial charge in [-0.2, -0.15) is 5.10 Å². The van der Waals surface area contributed by atoms with Gasteiger partial charge in [0.25, 0.3) is 0 Å². The number of anilines is 1. The number of hydrogen-bond donors (Lipinski definition) is 2. The van der Waals surface area contributed by atoms with E-state index in [2.05, 4.69) is 29.5 Å². The summed E-state index contributed by atoms with van der Waals surface area (Å²) in [5.74, 6) is 0.107. The highest BCUT2D eigenvalue weighted by Gasteiger charge is 2.27. The van der Waals surface area contributed by atoms with E-state index in [4.69, 9.17) is 0 Å². The smallest absolute Gasteiger partial charge is 0.225 e. The first-order valence-corrected chi connectivity index (χ1v) is 7.85. The highest BCUT2D eigenvalue weighted by atomic mass is 16.3. The number of aromatic hydroxyl groups is 1. The molecule has 0 bridgehead atoms. The Labute approximate surface area is 139 Å². The van der Waals surface area contributed by atoms with Crippen LogP contribution in [0.25, 0.3) is 5.69 Å². The van der Waals surface area contributed by atoms with Crippen molar-refractivity contribution in [1.29, 1.82) is 0 Å². The number of phenolic OH excluding ortho intramolecular Hbond substituents is 1. The molecule has 1 unspecified atom stereocenters. The van der Waals surface area contributed by atoms with Crippen molar-refractivity contribution in [2.75, 3.05) is 5.32 Å². The monoisotopic (exact) mass is 319 g/mol. The van der Waals surface area contributed by atoms with Crippen LogP contribution in [0.4, 0.5) is 5.69 Å². The number of nitrogens with zero attached hydrogens (tertiary/aromatic N) is 2. The fourth-order valence-corrected chi connectivity index (χ4v) is 3.35. The van der Waals surface area contributed by atoms with E-state index in [1.165, 1.54) is 0 Å². The van der Waals surface area contributed by atoms with E-state index >= 15 is 0 Å². The van der Waals surface area contributed by atoms with E-state index < -0.39 is 0 Å². The second-order valence-electron chi connectivity index (χ2n) is 6.07. The summed E-state index contributed by atoms with van der Waals surface area (Å²) < 4.78 is 1.82. The zero-order valence-electron chi connectivity index (χ0n) is 13.2. The van der Waals surface area contributed by atoms with Gasteiger partial charge in [0, 0.05) is 36.5 Å². The number of aryl methyl sites for hydroxylation is 1. The lowest BCUT2D eigenvalue weighted by Crippen LogP contribution is -2.23. The number of aromatic nitrogens is 2. The molecule has 0 radical (unpaired) electrons. The van der Waals surface area contributed by atoms with Crippen molar-refractivity contribution in [3.8, 4) is 11.4 Å². The van der Waals surface area contributed by atoms with Crippen molar-refractivity contribution >= 4 is 11.6 Å². The molecule has 24 heavy (non-hydrogen) atoms. The summed E-state index contributed by atoms with van der Waals surface area (Å²) in [6.07, 6.45) is 4.05. The molecule has 0 fully saturated rings. The second-order valence-corrected chi connectivity index (χ2v) is 6.07. The molecule has 0 spiro atoms. The summed E-state index contributed by atoms with van der Waals surface area (Å²) in [6, 6.07) is 13.2. The zero-order valence-corrected chi connectivity index (χ0v) is 13.2. The van der Waals surface area contributed by atoms with Gasteiger partial charge < -0.3 is 10.4 Å². The largest absolute Gasteiger partial charge is 0.508 e. The quantitative estimate of drug-likeness (QED) is 0.761. The van der Waals surface area contributed by atoms with Crippen LogP contribution < -0.4 is 5.32 Å². The molecule has 1 aromatic heterocycles. The molecule has 120 valence electrons. The van der Waals surface area contributed by atoms with Gasteiger partial charge in [-0.15, -0.1) is 0 Å². The molecule has 1 aliphatic heterocycles. The van der Waals surface area contributed by atoms with Crippen molar-refractivity contribution in [2.45, 2.75) is 19.3 Å². The predicted molar refractivity (Wildman–Crippen MR) is 91.5 cm³/mol. The van der Waals surface area contributed by atoms with Crippen LogP contribution in [0.1, 0.15) is 29.0 Å². The molecule has 3 aromatic rings. The average molecular weight is 319 g/mol. The summed E-state index contributed by atoms with van der Waals surface area (Å²) in [4.78, 5) is 12.1. The van der Waals surface area contributed by atoms with E-state index in [0.717, 1.165) is 22.4 Å². The molecule has 1 aliphatic rings. The fourth-order valence-electron chi connectivity index (χ4n) is 3.35. The van der Waals surface area contributed by atoms with Crippen LogP contribution in [-0.4, -0.2) is 20.8 Å². The maximum Gasteiger partial charge on any atom is 0.225 e. The van der Waals surface area contributed by atoms with E-state index in [1.807, 2.05) is 29.1 Å². The molecule has 2 N–H and O–H groups in total. The Bertz CT molecular complexity index is 916. The van der Waals surface area contributed by atoms with Crippen molar-refractivity contribution in [2.24, 2.45) is 0 Å². The molecular weight excluding hydrogens is 302 g/mol. The lowest BCUT2D eigenvalue weighted by molar-refractivity contribution is -0.116. The van der Waals surface area contributed by atoms with Gasteiger partial charge in [-0.1, -0.05) is 12.1 Å². The standard InChI is InChI=1S/C19H17N3O2/c1-12-9-13(22-8-2-7-20-22)3-5-15(12)17-11-19(24)21-18-10-14(23)4-6-16(17)18/h2-10,17,23H,11H2,1H3,(H,21,24). The summed E-state index contributed by atoms with van der Waals surface area (Å²) in [5.41, 5.74) is 4.94. The lowest BCUT2D eigenvalue weighted by Gasteiger charge is -2.27. The zero-order chi connectivity index (χ0) is 16.7. The van der Waals surface area contributed by atoms with Crippen LogP contribution in [0, 0.1) is 6.92 Å². The van der Waals surface area contributed by atoms with Crippen molar-refractivity contribution in [1.82, 2.24) is 9.78 Å². The van der Waals surface area contributed by atoms with Crippen LogP contribution in [0.15, 0.2) is 54.9 Å². The third-order valence-electron chi connectivity index (χ3n) is 4.47. The maximum absolute atomic E-state index is 12.1. The molecule has 0 aliphatic carbocycles. The van der Waals surface area contributed by atoms with Gasteiger partial charge in [-0.25, -0.2) is 4.68 Å². The molecule has 5 nitrogen and oxygen atoms in total. The highest BCUT2D eigenvalue weighted by Crippen LogP contribution is 2.39. The van der Waals surface area contributed by atoms with E-state index in [-0.39, 0.29) is 17.6 Å². The molecule has 0 saturated heterocycles. The molecule has 0 saturated carbocycles. The Balaban J connectivity index is 1.78. The Kier molecular flexibility index (Phi) is 3.34. The Morgan fingerprint density at radius 3 is 2.79 bits per heavy atom. The number of hydrogen-bond acceptors (Lipinski definition) is 3. The second kappa shape index (κ2) is 5.53. The molecular formula is C19H17N3O2.